The molecule has 6 nitrogen and oxygen atoms in total. The summed E-state index contributed by atoms with van der Waals surface area (Å²) in [5.74, 6) is 1.45. The molecular formula is C22H37N3O3. The van der Waals surface area contributed by atoms with Gasteiger partial charge in [-0.25, -0.2) is 0 Å². The zero-order valence-corrected chi connectivity index (χ0v) is 17.3. The largest absolute Gasteiger partial charge is 0.381 e. The predicted octanol–water partition coefficient (Wildman–Crippen LogP) is 2.63. The third-order valence-electron chi connectivity index (χ3n) is 4.57. The molecule has 1 aliphatic heterocycles. The highest BCUT2D eigenvalue weighted by Crippen LogP contribution is 2.12. The summed E-state index contributed by atoms with van der Waals surface area (Å²) in [7, 11) is 0. The van der Waals surface area contributed by atoms with E-state index in [2.05, 4.69) is 46.8 Å². The summed E-state index contributed by atoms with van der Waals surface area (Å²) in [5.41, 5.74) is 1.32. The lowest BCUT2D eigenvalue weighted by molar-refractivity contribution is 0.0893. The maximum Gasteiger partial charge on any atom is 0.191 e. The van der Waals surface area contributed by atoms with Gasteiger partial charge < -0.3 is 24.8 Å². The van der Waals surface area contributed by atoms with Crippen molar-refractivity contribution >= 4 is 5.96 Å². The molecule has 1 aromatic carbocycles. The van der Waals surface area contributed by atoms with Crippen molar-refractivity contribution in [3.63, 3.8) is 0 Å². The molecule has 0 aromatic heterocycles. The van der Waals surface area contributed by atoms with Crippen LogP contribution in [-0.4, -0.2) is 65.2 Å². The summed E-state index contributed by atoms with van der Waals surface area (Å²) < 4.78 is 16.8. The standard InChI is InChI=1S/C22H37N3O3/c1-2-23-22(25-13-7-15-27-18-21-11-17-28-19-21)24-12-6-14-26-16-10-20-8-4-3-5-9-20/h3-5,8-9,21H,2,6-7,10-19H2,1H3,(H2,23,24,25). The highest BCUT2D eigenvalue weighted by Gasteiger charge is 2.15. The molecule has 0 spiro atoms. The van der Waals surface area contributed by atoms with Gasteiger partial charge in [0.1, 0.15) is 0 Å². The third kappa shape index (κ3) is 10.6. The van der Waals surface area contributed by atoms with E-state index in [1.807, 2.05) is 6.07 Å². The quantitative estimate of drug-likeness (QED) is 0.290. The Morgan fingerprint density at radius 2 is 1.96 bits per heavy atom. The lowest BCUT2D eigenvalue weighted by atomic mass is 10.1. The Bertz CT molecular complexity index is 519. The third-order valence-corrected chi connectivity index (χ3v) is 4.57. The monoisotopic (exact) mass is 391 g/mol. The van der Waals surface area contributed by atoms with Gasteiger partial charge >= 0.3 is 0 Å². The second-order valence-corrected chi connectivity index (χ2v) is 7.05. The van der Waals surface area contributed by atoms with Crippen molar-refractivity contribution in [2.75, 3.05) is 59.3 Å². The fourth-order valence-electron chi connectivity index (χ4n) is 2.98. The molecule has 0 amide bonds. The van der Waals surface area contributed by atoms with E-state index in [-0.39, 0.29) is 0 Å². The highest BCUT2D eigenvalue weighted by atomic mass is 16.5. The average molecular weight is 392 g/mol. The maximum absolute atomic E-state index is 5.72. The van der Waals surface area contributed by atoms with Gasteiger partial charge in [-0.2, -0.15) is 0 Å². The van der Waals surface area contributed by atoms with E-state index in [0.717, 1.165) is 90.9 Å². The zero-order valence-electron chi connectivity index (χ0n) is 17.3. The average Bonchev–Trinajstić information content (AvgIpc) is 3.24. The van der Waals surface area contributed by atoms with Crippen LogP contribution in [0, 0.1) is 5.92 Å². The molecular weight excluding hydrogens is 354 g/mol. The Labute approximate surface area is 170 Å². The van der Waals surface area contributed by atoms with Crippen molar-refractivity contribution in [3.05, 3.63) is 35.9 Å². The molecule has 1 aliphatic rings. The summed E-state index contributed by atoms with van der Waals surface area (Å²) in [5, 5.41) is 6.65. The Morgan fingerprint density at radius 1 is 1.11 bits per heavy atom. The molecule has 6 heteroatoms. The van der Waals surface area contributed by atoms with Crippen molar-refractivity contribution in [2.24, 2.45) is 10.9 Å². The number of hydrogen-bond donors (Lipinski definition) is 2. The lowest BCUT2D eigenvalue weighted by Crippen LogP contribution is -2.38. The van der Waals surface area contributed by atoms with Gasteiger partial charge in [0.15, 0.2) is 5.96 Å². The first kappa shape index (κ1) is 22.7. The van der Waals surface area contributed by atoms with Gasteiger partial charge in [0.25, 0.3) is 0 Å². The van der Waals surface area contributed by atoms with Gasteiger partial charge in [-0.15, -0.1) is 0 Å². The van der Waals surface area contributed by atoms with E-state index in [0.29, 0.717) is 5.92 Å². The fraction of sp³-hybridized carbons (Fsp3) is 0.682. The number of benzene rings is 1. The SMILES string of the molecule is CCNC(=NCCCOCC1CCOC1)NCCCOCCc1ccccc1. The number of guanidine groups is 1. The van der Waals surface area contributed by atoms with Crippen LogP contribution < -0.4 is 10.6 Å². The molecule has 158 valence electrons. The summed E-state index contributed by atoms with van der Waals surface area (Å²) in [6, 6.07) is 10.4. The zero-order chi connectivity index (χ0) is 19.7. The lowest BCUT2D eigenvalue weighted by Gasteiger charge is -2.12. The first-order chi connectivity index (χ1) is 13.9. The van der Waals surface area contributed by atoms with Crippen LogP contribution in [0.1, 0.15) is 31.7 Å². The molecule has 1 aromatic rings. The van der Waals surface area contributed by atoms with Gasteiger partial charge in [0.2, 0.25) is 0 Å². The van der Waals surface area contributed by atoms with E-state index in [9.17, 15) is 0 Å². The van der Waals surface area contributed by atoms with Crippen LogP contribution in [0.2, 0.25) is 0 Å². The van der Waals surface area contributed by atoms with E-state index in [1.54, 1.807) is 0 Å². The number of nitrogens with one attached hydrogen (secondary N) is 2. The summed E-state index contributed by atoms with van der Waals surface area (Å²) in [4.78, 5) is 4.61. The second-order valence-electron chi connectivity index (χ2n) is 7.05. The van der Waals surface area contributed by atoms with Crippen LogP contribution in [0.5, 0.6) is 0 Å². The Kier molecular flexibility index (Phi) is 12.4. The van der Waals surface area contributed by atoms with Crippen LogP contribution in [-0.2, 0) is 20.6 Å². The van der Waals surface area contributed by atoms with Gasteiger partial charge in [-0.05, 0) is 38.2 Å². The molecule has 1 unspecified atom stereocenters. The Morgan fingerprint density at radius 3 is 2.75 bits per heavy atom. The normalized spacial score (nSPS) is 17.0. The molecule has 1 saturated heterocycles. The molecule has 0 radical (unpaired) electrons. The van der Waals surface area contributed by atoms with Crippen LogP contribution in [0.25, 0.3) is 0 Å². The number of hydrogen-bond acceptors (Lipinski definition) is 4. The molecule has 28 heavy (non-hydrogen) atoms. The fourth-order valence-corrected chi connectivity index (χ4v) is 2.98. The van der Waals surface area contributed by atoms with Crippen molar-refractivity contribution in [1.29, 1.82) is 0 Å². The highest BCUT2D eigenvalue weighted by molar-refractivity contribution is 5.79. The van der Waals surface area contributed by atoms with Crippen molar-refractivity contribution < 1.29 is 14.2 Å². The first-order valence-corrected chi connectivity index (χ1v) is 10.7. The number of ether oxygens (including phenoxy) is 3. The topological polar surface area (TPSA) is 64.1 Å². The Balaban J connectivity index is 1.45. The van der Waals surface area contributed by atoms with Crippen LogP contribution >= 0.6 is 0 Å². The minimum Gasteiger partial charge on any atom is -0.381 e. The molecule has 1 atom stereocenters. The van der Waals surface area contributed by atoms with Gasteiger partial charge in [0.05, 0.1) is 19.8 Å². The van der Waals surface area contributed by atoms with E-state index < -0.39 is 0 Å². The van der Waals surface area contributed by atoms with E-state index in [4.69, 9.17) is 14.2 Å². The predicted molar refractivity (Wildman–Crippen MR) is 114 cm³/mol. The van der Waals surface area contributed by atoms with Gasteiger partial charge in [-0.1, -0.05) is 30.3 Å². The molecule has 0 bridgehead atoms. The first-order valence-electron chi connectivity index (χ1n) is 10.7. The van der Waals surface area contributed by atoms with Crippen LogP contribution in [0.3, 0.4) is 0 Å². The van der Waals surface area contributed by atoms with Crippen molar-refractivity contribution in [1.82, 2.24) is 10.6 Å². The molecule has 0 aliphatic carbocycles. The van der Waals surface area contributed by atoms with E-state index in [1.165, 1.54) is 5.56 Å². The second kappa shape index (κ2) is 15.3. The number of rotatable bonds is 14. The number of nitrogens with zero attached hydrogens (tertiary/aromatic N) is 1. The smallest absolute Gasteiger partial charge is 0.191 e. The Hall–Kier alpha value is -1.63. The van der Waals surface area contributed by atoms with Crippen LogP contribution in [0.4, 0.5) is 0 Å². The molecule has 1 fully saturated rings. The number of aliphatic imine (C=N–C) groups is 1. The van der Waals surface area contributed by atoms with Gasteiger partial charge in [-0.3, -0.25) is 4.99 Å². The summed E-state index contributed by atoms with van der Waals surface area (Å²) in [6.45, 7) is 9.40. The van der Waals surface area contributed by atoms with Gasteiger partial charge in [0, 0.05) is 45.4 Å². The van der Waals surface area contributed by atoms with Crippen LogP contribution in [0.15, 0.2) is 35.3 Å². The minimum absolute atomic E-state index is 0.581. The molecule has 2 rings (SSSR count). The molecule has 1 heterocycles. The van der Waals surface area contributed by atoms with Crippen molar-refractivity contribution in [3.8, 4) is 0 Å². The molecule has 2 N–H and O–H groups in total. The maximum atomic E-state index is 5.72. The summed E-state index contributed by atoms with van der Waals surface area (Å²) >= 11 is 0. The van der Waals surface area contributed by atoms with Crippen molar-refractivity contribution in [2.45, 2.75) is 32.6 Å². The molecule has 0 saturated carbocycles. The van der Waals surface area contributed by atoms with E-state index >= 15 is 0 Å². The summed E-state index contributed by atoms with van der Waals surface area (Å²) in [6.07, 6.45) is 4.00. The minimum atomic E-state index is 0.581.